The van der Waals surface area contributed by atoms with Crippen molar-refractivity contribution in [3.05, 3.63) is 41.1 Å². The molecule has 1 fully saturated rings. The predicted octanol–water partition coefficient (Wildman–Crippen LogP) is 1.44. The van der Waals surface area contributed by atoms with Crippen LogP contribution in [0.25, 0.3) is 0 Å². The lowest BCUT2D eigenvalue weighted by atomic mass is 10.1. The normalized spacial score (nSPS) is 17.2. The van der Waals surface area contributed by atoms with Gasteiger partial charge in [-0.15, -0.1) is 6.58 Å². The topological polar surface area (TPSA) is 82.7 Å². The summed E-state index contributed by atoms with van der Waals surface area (Å²) in [5.74, 6) is 0.762. The first-order chi connectivity index (χ1) is 10.6. The second-order valence-corrected chi connectivity index (χ2v) is 5.44. The molecule has 7 heteroatoms. The zero-order valence-electron chi connectivity index (χ0n) is 12.6. The molecule has 0 saturated carbocycles. The molecule has 0 aliphatic carbocycles. The van der Waals surface area contributed by atoms with Crippen molar-refractivity contribution in [1.29, 1.82) is 0 Å². The summed E-state index contributed by atoms with van der Waals surface area (Å²) in [5, 5.41) is 20.5. The fourth-order valence-corrected chi connectivity index (χ4v) is 2.53. The van der Waals surface area contributed by atoms with Gasteiger partial charge in [-0.1, -0.05) is 6.08 Å². The van der Waals surface area contributed by atoms with E-state index in [1.54, 1.807) is 6.07 Å². The summed E-state index contributed by atoms with van der Waals surface area (Å²) >= 11 is 0. The lowest BCUT2D eigenvalue weighted by molar-refractivity contribution is -0.385. The number of pyridine rings is 1. The van der Waals surface area contributed by atoms with Crippen molar-refractivity contribution in [2.45, 2.75) is 18.9 Å². The van der Waals surface area contributed by atoms with E-state index in [0.29, 0.717) is 6.54 Å². The maximum absolute atomic E-state index is 10.6. The van der Waals surface area contributed by atoms with E-state index in [0.717, 1.165) is 44.8 Å². The second-order valence-electron chi connectivity index (χ2n) is 5.44. The summed E-state index contributed by atoms with van der Waals surface area (Å²) in [6.07, 6.45) is 4.37. The molecule has 0 aromatic carbocycles. The molecule has 2 rings (SSSR count). The van der Waals surface area contributed by atoms with Crippen molar-refractivity contribution in [3.63, 3.8) is 0 Å². The van der Waals surface area contributed by atoms with Gasteiger partial charge < -0.3 is 10.0 Å². The van der Waals surface area contributed by atoms with Crippen LogP contribution in [-0.4, -0.2) is 58.7 Å². The monoisotopic (exact) mass is 306 g/mol. The first-order valence-corrected chi connectivity index (χ1v) is 7.47. The number of piperazine rings is 1. The van der Waals surface area contributed by atoms with Gasteiger partial charge in [-0.3, -0.25) is 15.0 Å². The minimum atomic E-state index is -0.445. The van der Waals surface area contributed by atoms with Gasteiger partial charge in [0.1, 0.15) is 12.0 Å². The Hall–Kier alpha value is -1.99. The number of allylic oxidation sites excluding steroid dienone is 1. The molecule has 1 saturated heterocycles. The third kappa shape index (κ3) is 4.51. The fourth-order valence-electron chi connectivity index (χ4n) is 2.53. The van der Waals surface area contributed by atoms with Gasteiger partial charge in [-0.05, 0) is 18.9 Å². The molecule has 1 aliphatic rings. The van der Waals surface area contributed by atoms with Crippen molar-refractivity contribution in [1.82, 2.24) is 9.88 Å². The molecule has 1 atom stereocenters. The number of nitro groups is 1. The summed E-state index contributed by atoms with van der Waals surface area (Å²) in [7, 11) is 0. The van der Waals surface area contributed by atoms with E-state index < -0.39 is 4.92 Å². The molecule has 1 N–H and O–H groups in total. The molecule has 1 aliphatic heterocycles. The van der Waals surface area contributed by atoms with Crippen molar-refractivity contribution in [2.75, 3.05) is 37.6 Å². The van der Waals surface area contributed by atoms with Gasteiger partial charge in [0.25, 0.3) is 5.69 Å². The van der Waals surface area contributed by atoms with Crippen LogP contribution in [0.15, 0.2) is 31.0 Å². The number of anilines is 1. The van der Waals surface area contributed by atoms with Crippen molar-refractivity contribution in [3.8, 4) is 0 Å². The fraction of sp³-hybridized carbons (Fsp3) is 0.533. The summed E-state index contributed by atoms with van der Waals surface area (Å²) in [6, 6.07) is 3.17. The highest BCUT2D eigenvalue weighted by atomic mass is 16.6. The Kier molecular flexibility index (Phi) is 5.85. The molecule has 0 spiro atoms. The van der Waals surface area contributed by atoms with Crippen LogP contribution in [0, 0.1) is 10.1 Å². The average Bonchev–Trinajstić information content (AvgIpc) is 2.54. The molecule has 2 heterocycles. The molecule has 1 aromatic heterocycles. The van der Waals surface area contributed by atoms with Gasteiger partial charge in [0.15, 0.2) is 0 Å². The Bertz CT molecular complexity index is 498. The van der Waals surface area contributed by atoms with Crippen LogP contribution in [0.1, 0.15) is 12.8 Å². The summed E-state index contributed by atoms with van der Waals surface area (Å²) in [5.41, 5.74) is 0.00715. The van der Waals surface area contributed by atoms with Crippen molar-refractivity contribution >= 4 is 11.5 Å². The highest BCUT2D eigenvalue weighted by Gasteiger charge is 2.20. The molecule has 0 radical (unpaired) electrons. The molecule has 7 nitrogen and oxygen atoms in total. The van der Waals surface area contributed by atoms with Crippen LogP contribution in [0.4, 0.5) is 11.5 Å². The highest BCUT2D eigenvalue weighted by molar-refractivity contribution is 5.43. The summed E-state index contributed by atoms with van der Waals surface area (Å²) in [4.78, 5) is 18.7. The van der Waals surface area contributed by atoms with E-state index in [9.17, 15) is 15.2 Å². The zero-order valence-corrected chi connectivity index (χ0v) is 12.6. The van der Waals surface area contributed by atoms with Crippen LogP contribution < -0.4 is 4.90 Å². The molecule has 0 bridgehead atoms. The molecule has 120 valence electrons. The third-order valence-corrected chi connectivity index (χ3v) is 3.81. The lowest BCUT2D eigenvalue weighted by Crippen LogP contribution is -2.48. The van der Waals surface area contributed by atoms with E-state index in [-0.39, 0.29) is 11.8 Å². The molecular formula is C15H22N4O3. The predicted molar refractivity (Wildman–Crippen MR) is 85.0 cm³/mol. The van der Waals surface area contributed by atoms with Gasteiger partial charge in [-0.25, -0.2) is 4.98 Å². The van der Waals surface area contributed by atoms with E-state index >= 15 is 0 Å². The molecule has 22 heavy (non-hydrogen) atoms. The number of rotatable bonds is 7. The minimum absolute atomic E-state index is 0.00715. The number of β-amino-alcohol motifs (C(OH)–C–C–N with tert-alkyl or cyclic N) is 1. The smallest absolute Gasteiger partial charge is 0.287 e. The highest BCUT2D eigenvalue weighted by Crippen LogP contribution is 2.17. The minimum Gasteiger partial charge on any atom is -0.392 e. The summed E-state index contributed by atoms with van der Waals surface area (Å²) in [6.45, 7) is 7.65. The standard InChI is InChI=1S/C15H22N4O3/c1-2-3-4-14(20)12-17-7-9-18(10-8-17)15-6-5-13(11-16-15)19(21)22/h2,5-6,11,14,20H,1,3-4,7-10,12H2. The number of hydrogen-bond acceptors (Lipinski definition) is 6. The second kappa shape index (κ2) is 7.86. The van der Waals surface area contributed by atoms with Crippen molar-refractivity contribution in [2.24, 2.45) is 0 Å². The number of nitrogens with zero attached hydrogens (tertiary/aromatic N) is 4. The lowest BCUT2D eigenvalue weighted by Gasteiger charge is -2.36. The Morgan fingerprint density at radius 1 is 1.41 bits per heavy atom. The molecule has 1 aromatic rings. The van der Waals surface area contributed by atoms with Crippen LogP contribution >= 0.6 is 0 Å². The molecule has 1 unspecified atom stereocenters. The van der Waals surface area contributed by atoms with Crippen molar-refractivity contribution < 1.29 is 10.0 Å². The first kappa shape index (κ1) is 16.4. The van der Waals surface area contributed by atoms with E-state index in [2.05, 4.69) is 21.4 Å². The number of aliphatic hydroxyl groups is 1. The Morgan fingerprint density at radius 3 is 2.68 bits per heavy atom. The summed E-state index contributed by atoms with van der Waals surface area (Å²) < 4.78 is 0. The van der Waals surface area contributed by atoms with Crippen LogP contribution in [0.2, 0.25) is 0 Å². The van der Waals surface area contributed by atoms with Crippen LogP contribution in [-0.2, 0) is 0 Å². The van der Waals surface area contributed by atoms with E-state index in [1.165, 1.54) is 12.3 Å². The molecular weight excluding hydrogens is 284 g/mol. The van der Waals surface area contributed by atoms with Crippen LogP contribution in [0.5, 0.6) is 0 Å². The Morgan fingerprint density at radius 2 is 2.14 bits per heavy atom. The quantitative estimate of drug-likeness (QED) is 0.466. The Labute approximate surface area is 130 Å². The van der Waals surface area contributed by atoms with Gasteiger partial charge in [0, 0.05) is 38.8 Å². The maximum atomic E-state index is 10.6. The first-order valence-electron chi connectivity index (χ1n) is 7.47. The molecule has 0 amide bonds. The number of aromatic nitrogens is 1. The SMILES string of the molecule is C=CCCC(O)CN1CCN(c2ccc([N+](=O)[O-])cn2)CC1. The van der Waals surface area contributed by atoms with Gasteiger partial charge in [-0.2, -0.15) is 0 Å². The van der Waals surface area contributed by atoms with E-state index in [1.807, 2.05) is 6.08 Å². The van der Waals surface area contributed by atoms with Gasteiger partial charge in [0.05, 0.1) is 11.0 Å². The average molecular weight is 306 g/mol. The maximum Gasteiger partial charge on any atom is 0.287 e. The number of hydrogen-bond donors (Lipinski definition) is 1. The largest absolute Gasteiger partial charge is 0.392 e. The zero-order chi connectivity index (χ0) is 15.9. The third-order valence-electron chi connectivity index (χ3n) is 3.81. The number of aliphatic hydroxyl groups excluding tert-OH is 1. The van der Waals surface area contributed by atoms with E-state index in [4.69, 9.17) is 0 Å². The Balaban J connectivity index is 1.81. The van der Waals surface area contributed by atoms with Crippen LogP contribution in [0.3, 0.4) is 0 Å². The van der Waals surface area contributed by atoms with Gasteiger partial charge >= 0.3 is 0 Å². The van der Waals surface area contributed by atoms with Gasteiger partial charge in [0.2, 0.25) is 0 Å².